The van der Waals surface area contributed by atoms with Gasteiger partial charge in [-0.05, 0) is 30.2 Å². The van der Waals surface area contributed by atoms with Crippen molar-refractivity contribution in [3.8, 4) is 0 Å². The third kappa shape index (κ3) is 1.68. The second-order valence-corrected chi connectivity index (χ2v) is 4.32. The molecule has 0 unspecified atom stereocenters. The molecule has 1 aliphatic heterocycles. The number of hydrogen-bond acceptors (Lipinski definition) is 4. The molecule has 0 atom stereocenters. The van der Waals surface area contributed by atoms with Crippen molar-refractivity contribution in [1.29, 1.82) is 0 Å². The van der Waals surface area contributed by atoms with Crippen LogP contribution in [0.5, 0.6) is 0 Å². The Morgan fingerprint density at radius 3 is 2.93 bits per heavy atom. The van der Waals surface area contributed by atoms with Gasteiger partial charge >= 0.3 is 0 Å². The molecule has 0 amide bonds. The van der Waals surface area contributed by atoms with E-state index in [0.717, 1.165) is 29.9 Å². The third-order valence-electron chi connectivity index (χ3n) is 2.38. The predicted octanol–water partition coefficient (Wildman–Crippen LogP) is 0.200. The lowest BCUT2D eigenvalue weighted by atomic mass is 10.1. The van der Waals surface area contributed by atoms with Crippen LogP contribution >= 0.6 is 0 Å². The normalized spacial score (nSPS) is 14.8. The van der Waals surface area contributed by atoms with Crippen LogP contribution in [-0.4, -0.2) is 20.8 Å². The molecule has 0 bridgehead atoms. The lowest BCUT2D eigenvalue weighted by Crippen LogP contribution is -2.22. The summed E-state index contributed by atoms with van der Waals surface area (Å²) in [6.45, 7) is 0.766. The van der Waals surface area contributed by atoms with Crippen LogP contribution in [0.25, 0.3) is 0 Å². The van der Waals surface area contributed by atoms with Crippen LogP contribution in [0.2, 0.25) is 0 Å². The number of hydrogen-bond donors (Lipinski definition) is 2. The molecule has 5 heteroatoms. The van der Waals surface area contributed by atoms with E-state index in [-0.39, 0.29) is 5.88 Å². The Balaban J connectivity index is 2.30. The second kappa shape index (κ2) is 3.49. The van der Waals surface area contributed by atoms with Crippen molar-refractivity contribution >= 4 is 22.1 Å². The van der Waals surface area contributed by atoms with E-state index >= 15 is 0 Å². The smallest absolute Gasteiger partial charge is 0.158 e. The monoisotopic (exact) mass is 212 g/mol. The van der Waals surface area contributed by atoms with E-state index in [2.05, 4.69) is 0 Å². The molecule has 1 aromatic carbocycles. The summed E-state index contributed by atoms with van der Waals surface area (Å²) in [5.74, 6) is 0.103. The maximum Gasteiger partial charge on any atom is 0.158 e. The first-order valence-corrected chi connectivity index (χ1v) is 5.78. The van der Waals surface area contributed by atoms with E-state index in [0.29, 0.717) is 0 Å². The van der Waals surface area contributed by atoms with Gasteiger partial charge in [0.2, 0.25) is 0 Å². The van der Waals surface area contributed by atoms with Gasteiger partial charge in [0.15, 0.2) is 10.7 Å². The summed E-state index contributed by atoms with van der Waals surface area (Å²) in [7, 11) is -2.35. The fourth-order valence-electron chi connectivity index (χ4n) is 1.78. The molecule has 4 nitrogen and oxygen atoms in total. The maximum atomic E-state index is 10.6. The van der Waals surface area contributed by atoms with Gasteiger partial charge in [0.1, 0.15) is 5.88 Å². The molecule has 0 aromatic heterocycles. The summed E-state index contributed by atoms with van der Waals surface area (Å²) in [6.07, 6.45) is 0.879. The summed E-state index contributed by atoms with van der Waals surface area (Å²) in [4.78, 5) is 1.86. The highest BCUT2D eigenvalue weighted by atomic mass is 32.2. The Morgan fingerprint density at radius 2 is 2.21 bits per heavy atom. The summed E-state index contributed by atoms with van der Waals surface area (Å²) in [5, 5.41) is 0. The molecule has 1 heterocycles. The number of nitrogen functional groups attached to an aromatic ring is 1. The summed E-state index contributed by atoms with van der Waals surface area (Å²) in [5.41, 5.74) is 8.51. The molecule has 1 aromatic rings. The molecule has 76 valence electrons. The largest absolute Gasteiger partial charge is 0.399 e. The first-order valence-electron chi connectivity index (χ1n) is 4.42. The predicted molar refractivity (Wildman–Crippen MR) is 57.1 cm³/mol. The molecule has 1 aliphatic rings. The van der Waals surface area contributed by atoms with Gasteiger partial charge in [0.25, 0.3) is 0 Å². The zero-order valence-electron chi connectivity index (χ0n) is 7.64. The van der Waals surface area contributed by atoms with Crippen molar-refractivity contribution < 1.29 is 8.42 Å². The Labute approximate surface area is 84.3 Å². The Morgan fingerprint density at radius 1 is 1.43 bits per heavy atom. The van der Waals surface area contributed by atoms with E-state index in [9.17, 15) is 8.42 Å². The second-order valence-electron chi connectivity index (χ2n) is 3.38. The molecular formula is C9H12N2O2S. The van der Waals surface area contributed by atoms with E-state index < -0.39 is 10.7 Å². The molecule has 0 fully saturated rings. The average Bonchev–Trinajstić information content (AvgIpc) is 2.47. The van der Waals surface area contributed by atoms with Gasteiger partial charge in [0, 0.05) is 17.9 Å². The van der Waals surface area contributed by atoms with Crippen LogP contribution in [0.3, 0.4) is 0 Å². The van der Waals surface area contributed by atoms with E-state index in [1.807, 2.05) is 17.0 Å². The van der Waals surface area contributed by atoms with Gasteiger partial charge in [-0.2, -0.15) is 0 Å². The maximum absolute atomic E-state index is 10.6. The average molecular weight is 212 g/mol. The minimum absolute atomic E-state index is 0.103. The van der Waals surface area contributed by atoms with Gasteiger partial charge in [-0.3, -0.25) is 0 Å². The molecule has 0 spiro atoms. The minimum atomic E-state index is -2.35. The summed E-state index contributed by atoms with van der Waals surface area (Å²) in [6, 6.07) is 5.60. The molecule has 14 heavy (non-hydrogen) atoms. The summed E-state index contributed by atoms with van der Waals surface area (Å²) < 4.78 is 21.2. The zero-order valence-corrected chi connectivity index (χ0v) is 8.54. The first kappa shape index (κ1) is 9.33. The van der Waals surface area contributed by atoms with Crippen LogP contribution in [0.1, 0.15) is 5.56 Å². The number of benzene rings is 1. The lowest BCUT2D eigenvalue weighted by Gasteiger charge is -2.15. The molecular weight excluding hydrogens is 200 g/mol. The standard InChI is InChI=1S/C9H12N2O2S/c10-8-1-2-9-7(5-8)3-4-11(9)6-14(12)13/h1-2,5,14H,3-4,6,10H2. The van der Waals surface area contributed by atoms with Gasteiger partial charge in [-0.25, -0.2) is 8.42 Å². The van der Waals surface area contributed by atoms with Crippen molar-refractivity contribution in [3.05, 3.63) is 23.8 Å². The van der Waals surface area contributed by atoms with Crippen molar-refractivity contribution in [2.24, 2.45) is 0 Å². The quantitative estimate of drug-likeness (QED) is 0.543. The highest BCUT2D eigenvalue weighted by Crippen LogP contribution is 2.29. The Hall–Kier alpha value is -1.23. The van der Waals surface area contributed by atoms with E-state index in [1.165, 1.54) is 0 Å². The van der Waals surface area contributed by atoms with Gasteiger partial charge < -0.3 is 10.6 Å². The van der Waals surface area contributed by atoms with Crippen molar-refractivity contribution in [2.45, 2.75) is 6.42 Å². The van der Waals surface area contributed by atoms with Crippen LogP contribution in [0.15, 0.2) is 18.2 Å². The van der Waals surface area contributed by atoms with Crippen LogP contribution in [0, 0.1) is 0 Å². The summed E-state index contributed by atoms with van der Waals surface area (Å²) >= 11 is 0. The van der Waals surface area contributed by atoms with Crippen molar-refractivity contribution in [1.82, 2.24) is 0 Å². The molecule has 2 rings (SSSR count). The van der Waals surface area contributed by atoms with E-state index in [4.69, 9.17) is 5.73 Å². The lowest BCUT2D eigenvalue weighted by molar-refractivity contribution is 0.612. The molecule has 0 radical (unpaired) electrons. The van der Waals surface area contributed by atoms with Gasteiger partial charge in [-0.15, -0.1) is 0 Å². The SMILES string of the molecule is Nc1ccc2c(c1)CCN2C[SH](=O)=O. The van der Waals surface area contributed by atoms with Crippen LogP contribution in [-0.2, 0) is 17.1 Å². The van der Waals surface area contributed by atoms with Crippen molar-refractivity contribution in [2.75, 3.05) is 23.1 Å². The fraction of sp³-hybridized carbons (Fsp3) is 0.333. The van der Waals surface area contributed by atoms with Crippen LogP contribution < -0.4 is 10.6 Å². The van der Waals surface area contributed by atoms with E-state index in [1.54, 1.807) is 6.07 Å². The molecule has 0 saturated carbocycles. The Bertz CT molecular complexity index is 421. The fourth-order valence-corrected chi connectivity index (χ4v) is 2.35. The number of thiol groups is 1. The first-order chi connectivity index (χ1) is 6.66. The molecule has 0 saturated heterocycles. The number of nitrogens with two attached hydrogens (primary N) is 1. The number of rotatable bonds is 2. The Kier molecular flexibility index (Phi) is 2.33. The third-order valence-corrected chi connectivity index (χ3v) is 2.95. The highest BCUT2D eigenvalue weighted by Gasteiger charge is 2.18. The van der Waals surface area contributed by atoms with Crippen molar-refractivity contribution in [3.63, 3.8) is 0 Å². The topological polar surface area (TPSA) is 63.4 Å². The zero-order chi connectivity index (χ0) is 10.1. The highest BCUT2D eigenvalue weighted by molar-refractivity contribution is 7.72. The van der Waals surface area contributed by atoms with Crippen LogP contribution in [0.4, 0.5) is 11.4 Å². The molecule has 2 N–H and O–H groups in total. The number of anilines is 2. The minimum Gasteiger partial charge on any atom is -0.399 e. The molecule has 0 aliphatic carbocycles. The van der Waals surface area contributed by atoms with Gasteiger partial charge in [-0.1, -0.05) is 0 Å². The van der Waals surface area contributed by atoms with Gasteiger partial charge in [0.05, 0.1) is 0 Å². The number of fused-ring (bicyclic) bond motifs is 1. The number of nitrogens with zero attached hydrogens (tertiary/aromatic N) is 1.